The van der Waals surface area contributed by atoms with Gasteiger partial charge in [0, 0.05) is 17.1 Å². The summed E-state index contributed by atoms with van der Waals surface area (Å²) in [5.74, 6) is 0.238. The summed E-state index contributed by atoms with van der Waals surface area (Å²) in [6.07, 6.45) is 0.962. The molecule has 0 amide bonds. The fraction of sp³-hybridized carbons (Fsp3) is 0.333. The number of nitrogens with one attached hydrogen (secondary N) is 1. The summed E-state index contributed by atoms with van der Waals surface area (Å²) in [7, 11) is 0. The highest BCUT2D eigenvalue weighted by atomic mass is 16.3. The number of fused-ring (bicyclic) bond motifs is 1. The van der Waals surface area contributed by atoms with Gasteiger partial charge in [0.25, 0.3) is 0 Å². The van der Waals surface area contributed by atoms with Crippen LogP contribution in [0.3, 0.4) is 0 Å². The first-order valence-electron chi connectivity index (χ1n) is 5.03. The van der Waals surface area contributed by atoms with Crippen molar-refractivity contribution in [3.8, 4) is 0 Å². The zero-order chi connectivity index (χ0) is 9.97. The van der Waals surface area contributed by atoms with E-state index in [4.69, 9.17) is 0 Å². The number of benzene rings is 1. The molecule has 74 valence electrons. The second-order valence-electron chi connectivity index (χ2n) is 3.60. The highest BCUT2D eigenvalue weighted by molar-refractivity contribution is 5.80. The van der Waals surface area contributed by atoms with Crippen LogP contribution < -0.4 is 0 Å². The van der Waals surface area contributed by atoms with E-state index in [9.17, 15) is 5.11 Å². The van der Waals surface area contributed by atoms with Crippen LogP contribution in [0, 0.1) is 0 Å². The number of aromatic amines is 1. The minimum absolute atomic E-state index is 0.212. The lowest BCUT2D eigenvalue weighted by molar-refractivity contribution is 0.260. The van der Waals surface area contributed by atoms with E-state index in [2.05, 4.69) is 30.1 Å². The van der Waals surface area contributed by atoms with Crippen LogP contribution in [0.2, 0.25) is 0 Å². The van der Waals surface area contributed by atoms with E-state index in [1.165, 1.54) is 5.39 Å². The van der Waals surface area contributed by atoms with Crippen LogP contribution in [-0.4, -0.2) is 16.7 Å². The molecule has 2 heteroatoms. The molecule has 1 heterocycles. The lowest BCUT2D eigenvalue weighted by Crippen LogP contribution is -2.02. The number of hydrogen-bond donors (Lipinski definition) is 2. The molecule has 2 rings (SSSR count). The zero-order valence-corrected chi connectivity index (χ0v) is 8.33. The Balaban J connectivity index is 2.43. The van der Waals surface area contributed by atoms with Crippen molar-refractivity contribution in [1.29, 1.82) is 0 Å². The molecule has 0 aliphatic carbocycles. The van der Waals surface area contributed by atoms with E-state index in [1.807, 2.05) is 12.1 Å². The van der Waals surface area contributed by atoms with Crippen LogP contribution in [-0.2, 0) is 0 Å². The molecule has 1 atom stereocenters. The highest BCUT2D eigenvalue weighted by Crippen LogP contribution is 2.22. The molecule has 1 aromatic heterocycles. The Morgan fingerprint density at radius 2 is 2.14 bits per heavy atom. The van der Waals surface area contributed by atoms with E-state index in [0.29, 0.717) is 0 Å². The maximum absolute atomic E-state index is 9.18. The molecule has 0 bridgehead atoms. The van der Waals surface area contributed by atoms with Crippen molar-refractivity contribution in [2.75, 3.05) is 6.61 Å². The number of rotatable bonds is 3. The molecule has 0 spiro atoms. The Bertz CT molecular complexity index is 382. The van der Waals surface area contributed by atoms with Crippen molar-refractivity contribution >= 4 is 10.9 Å². The summed E-state index contributed by atoms with van der Waals surface area (Å²) in [5.41, 5.74) is 2.28. The quantitative estimate of drug-likeness (QED) is 0.765. The second-order valence-corrected chi connectivity index (χ2v) is 3.60. The number of aliphatic hydroxyl groups excluding tert-OH is 1. The molecule has 0 aliphatic heterocycles. The zero-order valence-electron chi connectivity index (χ0n) is 8.33. The van der Waals surface area contributed by atoms with Gasteiger partial charge in [0.15, 0.2) is 0 Å². The van der Waals surface area contributed by atoms with Crippen LogP contribution in [0.25, 0.3) is 10.9 Å². The Labute approximate surface area is 83.6 Å². The molecule has 0 saturated carbocycles. The summed E-state index contributed by atoms with van der Waals surface area (Å²) < 4.78 is 0. The highest BCUT2D eigenvalue weighted by Gasteiger charge is 2.10. The SMILES string of the molecule is CCC(CO)c1cc2ccccc2[nH]1. The van der Waals surface area contributed by atoms with Crippen LogP contribution in [0.5, 0.6) is 0 Å². The summed E-state index contributed by atoms with van der Waals surface area (Å²) in [6, 6.07) is 10.3. The first-order valence-corrected chi connectivity index (χ1v) is 5.03. The largest absolute Gasteiger partial charge is 0.396 e. The lowest BCUT2D eigenvalue weighted by Gasteiger charge is -2.07. The first kappa shape index (κ1) is 9.28. The van der Waals surface area contributed by atoms with E-state index in [0.717, 1.165) is 17.6 Å². The summed E-state index contributed by atoms with van der Waals surface area (Å²) in [5, 5.41) is 10.4. The van der Waals surface area contributed by atoms with E-state index in [1.54, 1.807) is 0 Å². The standard InChI is InChI=1S/C12H15NO/c1-2-9(8-14)12-7-10-5-3-4-6-11(10)13-12/h3-7,9,13-14H,2,8H2,1H3. The summed E-state index contributed by atoms with van der Waals surface area (Å²) in [6.45, 7) is 2.30. The van der Waals surface area contributed by atoms with Crippen molar-refractivity contribution in [2.24, 2.45) is 0 Å². The summed E-state index contributed by atoms with van der Waals surface area (Å²) in [4.78, 5) is 3.34. The topological polar surface area (TPSA) is 36.0 Å². The average molecular weight is 189 g/mol. The number of aromatic nitrogens is 1. The van der Waals surface area contributed by atoms with Crippen molar-refractivity contribution < 1.29 is 5.11 Å². The maximum Gasteiger partial charge on any atom is 0.0513 e. The van der Waals surface area contributed by atoms with Gasteiger partial charge in [-0.15, -0.1) is 0 Å². The fourth-order valence-electron chi connectivity index (χ4n) is 1.76. The molecule has 2 nitrogen and oxygen atoms in total. The second kappa shape index (κ2) is 3.84. The van der Waals surface area contributed by atoms with Gasteiger partial charge in [-0.25, -0.2) is 0 Å². The number of para-hydroxylation sites is 1. The molecular formula is C12H15NO. The number of hydrogen-bond acceptors (Lipinski definition) is 1. The van der Waals surface area contributed by atoms with Gasteiger partial charge in [-0.1, -0.05) is 25.1 Å². The van der Waals surface area contributed by atoms with Crippen LogP contribution in [0.4, 0.5) is 0 Å². The molecule has 2 aromatic rings. The number of H-pyrrole nitrogens is 1. The van der Waals surface area contributed by atoms with Crippen molar-refractivity contribution in [3.63, 3.8) is 0 Å². The van der Waals surface area contributed by atoms with E-state index < -0.39 is 0 Å². The number of aliphatic hydroxyl groups is 1. The summed E-state index contributed by atoms with van der Waals surface area (Å²) >= 11 is 0. The first-order chi connectivity index (χ1) is 6.85. The van der Waals surface area contributed by atoms with Gasteiger partial charge >= 0.3 is 0 Å². The van der Waals surface area contributed by atoms with E-state index in [-0.39, 0.29) is 12.5 Å². The lowest BCUT2D eigenvalue weighted by atomic mass is 10.0. The van der Waals surface area contributed by atoms with Gasteiger partial charge in [-0.3, -0.25) is 0 Å². The molecule has 2 N–H and O–H groups in total. The Morgan fingerprint density at radius 1 is 1.36 bits per heavy atom. The van der Waals surface area contributed by atoms with Gasteiger partial charge in [0.1, 0.15) is 0 Å². The van der Waals surface area contributed by atoms with Gasteiger partial charge in [-0.2, -0.15) is 0 Å². The molecule has 0 radical (unpaired) electrons. The van der Waals surface area contributed by atoms with Crippen molar-refractivity contribution in [1.82, 2.24) is 4.98 Å². The molecule has 1 aromatic carbocycles. The Hall–Kier alpha value is -1.28. The minimum atomic E-state index is 0.212. The minimum Gasteiger partial charge on any atom is -0.396 e. The Morgan fingerprint density at radius 3 is 2.79 bits per heavy atom. The predicted octanol–water partition coefficient (Wildman–Crippen LogP) is 2.65. The van der Waals surface area contributed by atoms with Crippen molar-refractivity contribution in [2.45, 2.75) is 19.3 Å². The van der Waals surface area contributed by atoms with Crippen LogP contribution in [0.15, 0.2) is 30.3 Å². The molecule has 1 unspecified atom stereocenters. The van der Waals surface area contributed by atoms with Gasteiger partial charge in [-0.05, 0) is 23.9 Å². The van der Waals surface area contributed by atoms with Crippen LogP contribution in [0.1, 0.15) is 25.0 Å². The van der Waals surface area contributed by atoms with Gasteiger partial charge in [0.2, 0.25) is 0 Å². The van der Waals surface area contributed by atoms with Crippen molar-refractivity contribution in [3.05, 3.63) is 36.0 Å². The van der Waals surface area contributed by atoms with Crippen LogP contribution >= 0.6 is 0 Å². The normalized spacial score (nSPS) is 13.3. The molecule has 0 aliphatic rings. The maximum atomic E-state index is 9.18. The van der Waals surface area contributed by atoms with Gasteiger partial charge in [0.05, 0.1) is 6.61 Å². The van der Waals surface area contributed by atoms with Gasteiger partial charge < -0.3 is 10.1 Å². The monoisotopic (exact) mass is 189 g/mol. The predicted molar refractivity (Wildman–Crippen MR) is 58.4 cm³/mol. The third-order valence-electron chi connectivity index (χ3n) is 2.70. The Kier molecular flexibility index (Phi) is 2.55. The molecule has 0 saturated heterocycles. The molecule has 14 heavy (non-hydrogen) atoms. The third kappa shape index (κ3) is 1.53. The van der Waals surface area contributed by atoms with E-state index >= 15 is 0 Å². The fourth-order valence-corrected chi connectivity index (χ4v) is 1.76. The average Bonchev–Trinajstić information content (AvgIpc) is 2.63. The smallest absolute Gasteiger partial charge is 0.0513 e. The molecule has 0 fully saturated rings. The third-order valence-corrected chi connectivity index (χ3v) is 2.70. The molecular weight excluding hydrogens is 174 g/mol.